The van der Waals surface area contributed by atoms with E-state index in [1.54, 1.807) is 6.92 Å². The van der Waals surface area contributed by atoms with Crippen molar-refractivity contribution >= 4 is 17.4 Å². The van der Waals surface area contributed by atoms with E-state index in [9.17, 15) is 19.7 Å². The summed E-state index contributed by atoms with van der Waals surface area (Å²) in [4.78, 5) is 33.4. The SMILES string of the molecule is CCOC(=O)C1CC(=O)c2cc([N+](=O)[O-])ccc2O1. The number of benzene rings is 1. The molecule has 0 amide bonds. The van der Waals surface area contributed by atoms with Crippen LogP contribution in [0.25, 0.3) is 0 Å². The number of ether oxygens (including phenoxy) is 2. The van der Waals surface area contributed by atoms with Crippen LogP contribution in [0.1, 0.15) is 23.7 Å². The largest absolute Gasteiger partial charge is 0.477 e. The molecular weight excluding hydrogens is 254 g/mol. The second kappa shape index (κ2) is 5.05. The molecule has 0 saturated carbocycles. The molecule has 0 aromatic heterocycles. The Morgan fingerprint density at radius 2 is 2.32 bits per heavy atom. The van der Waals surface area contributed by atoms with Crippen molar-refractivity contribution in [1.29, 1.82) is 0 Å². The van der Waals surface area contributed by atoms with E-state index in [0.29, 0.717) is 0 Å². The smallest absolute Gasteiger partial charge is 0.347 e. The molecule has 1 atom stereocenters. The lowest BCUT2D eigenvalue weighted by Crippen LogP contribution is -2.35. The van der Waals surface area contributed by atoms with Crippen LogP contribution in [0.5, 0.6) is 5.75 Å². The number of ketones is 1. The summed E-state index contributed by atoms with van der Waals surface area (Å²) in [5, 5.41) is 10.6. The molecule has 19 heavy (non-hydrogen) atoms. The lowest BCUT2D eigenvalue weighted by Gasteiger charge is -2.23. The summed E-state index contributed by atoms with van der Waals surface area (Å²) < 4.78 is 10.1. The van der Waals surface area contributed by atoms with E-state index in [0.717, 1.165) is 6.07 Å². The van der Waals surface area contributed by atoms with Crippen molar-refractivity contribution in [3.8, 4) is 5.75 Å². The highest BCUT2D eigenvalue weighted by Gasteiger charge is 2.33. The van der Waals surface area contributed by atoms with Crippen molar-refractivity contribution in [2.24, 2.45) is 0 Å². The summed E-state index contributed by atoms with van der Waals surface area (Å²) in [5.41, 5.74) is -0.0694. The topological polar surface area (TPSA) is 95.7 Å². The third-order valence-electron chi connectivity index (χ3n) is 2.66. The fraction of sp³-hybridized carbons (Fsp3) is 0.333. The number of hydrogen-bond acceptors (Lipinski definition) is 6. The van der Waals surface area contributed by atoms with Gasteiger partial charge in [-0.3, -0.25) is 14.9 Å². The normalized spacial score (nSPS) is 17.3. The van der Waals surface area contributed by atoms with Crippen LogP contribution in [0.3, 0.4) is 0 Å². The molecule has 0 bridgehead atoms. The quantitative estimate of drug-likeness (QED) is 0.466. The van der Waals surface area contributed by atoms with Gasteiger partial charge in [0.05, 0.1) is 23.5 Å². The zero-order chi connectivity index (χ0) is 14.0. The Labute approximate surface area is 108 Å². The number of carbonyl (C=O) groups excluding carboxylic acids is 2. The van der Waals surface area contributed by atoms with E-state index in [1.807, 2.05) is 0 Å². The molecule has 0 aliphatic carbocycles. The van der Waals surface area contributed by atoms with Gasteiger partial charge in [-0.25, -0.2) is 4.79 Å². The number of esters is 1. The van der Waals surface area contributed by atoms with Crippen LogP contribution < -0.4 is 4.74 Å². The first kappa shape index (κ1) is 13.0. The Kier molecular flexibility index (Phi) is 3.46. The van der Waals surface area contributed by atoms with Crippen molar-refractivity contribution in [2.45, 2.75) is 19.4 Å². The molecule has 1 heterocycles. The molecule has 1 aliphatic rings. The highest BCUT2D eigenvalue weighted by molar-refractivity contribution is 6.02. The number of hydrogen-bond donors (Lipinski definition) is 0. The maximum atomic E-state index is 11.9. The van der Waals surface area contributed by atoms with Crippen molar-refractivity contribution < 1.29 is 24.0 Å². The number of non-ortho nitro benzene ring substituents is 1. The number of nitro groups is 1. The Hall–Kier alpha value is -2.44. The monoisotopic (exact) mass is 265 g/mol. The van der Waals surface area contributed by atoms with Gasteiger partial charge in [-0.1, -0.05) is 0 Å². The standard InChI is InChI=1S/C12H11NO6/c1-2-18-12(15)11-6-9(14)8-5-7(13(16)17)3-4-10(8)19-11/h3-5,11H,2,6H2,1H3. The average Bonchev–Trinajstić information content (AvgIpc) is 2.38. The molecule has 0 N–H and O–H groups in total. The van der Waals surface area contributed by atoms with Gasteiger partial charge in [0.15, 0.2) is 5.78 Å². The van der Waals surface area contributed by atoms with Crippen molar-refractivity contribution in [3.63, 3.8) is 0 Å². The minimum atomic E-state index is -0.985. The van der Waals surface area contributed by atoms with Crippen molar-refractivity contribution in [3.05, 3.63) is 33.9 Å². The first-order valence-corrected chi connectivity index (χ1v) is 5.68. The number of nitrogens with zero attached hydrogens (tertiary/aromatic N) is 1. The molecule has 7 nitrogen and oxygen atoms in total. The van der Waals surface area contributed by atoms with E-state index in [-0.39, 0.29) is 35.8 Å². The molecule has 0 spiro atoms. The van der Waals surface area contributed by atoms with Crippen LogP contribution in [-0.2, 0) is 9.53 Å². The predicted molar refractivity (Wildman–Crippen MR) is 63.1 cm³/mol. The molecule has 1 aromatic carbocycles. The zero-order valence-corrected chi connectivity index (χ0v) is 10.1. The van der Waals surface area contributed by atoms with Gasteiger partial charge < -0.3 is 9.47 Å². The average molecular weight is 265 g/mol. The number of rotatable bonds is 3. The first-order chi connectivity index (χ1) is 9.02. The maximum Gasteiger partial charge on any atom is 0.347 e. The first-order valence-electron chi connectivity index (χ1n) is 5.68. The second-order valence-electron chi connectivity index (χ2n) is 3.92. The van der Waals surface area contributed by atoms with Gasteiger partial charge in [-0.05, 0) is 13.0 Å². The van der Waals surface area contributed by atoms with Gasteiger partial charge in [0.25, 0.3) is 5.69 Å². The van der Waals surface area contributed by atoms with E-state index < -0.39 is 17.0 Å². The molecular formula is C12H11NO6. The van der Waals surface area contributed by atoms with Crippen molar-refractivity contribution in [2.75, 3.05) is 6.61 Å². The molecule has 1 aromatic rings. The Morgan fingerprint density at radius 3 is 2.95 bits per heavy atom. The van der Waals surface area contributed by atoms with E-state index >= 15 is 0 Å². The number of fused-ring (bicyclic) bond motifs is 1. The number of carbonyl (C=O) groups is 2. The van der Waals surface area contributed by atoms with Gasteiger partial charge in [0.1, 0.15) is 5.75 Å². The summed E-state index contributed by atoms with van der Waals surface area (Å²) in [7, 11) is 0. The minimum Gasteiger partial charge on any atom is -0.477 e. The van der Waals surface area contributed by atoms with Crippen molar-refractivity contribution in [1.82, 2.24) is 0 Å². The summed E-state index contributed by atoms with van der Waals surface area (Å²) in [6.45, 7) is 1.85. The molecule has 0 saturated heterocycles. The highest BCUT2D eigenvalue weighted by Crippen LogP contribution is 2.31. The summed E-state index contributed by atoms with van der Waals surface area (Å²) in [6.07, 6.45) is -1.16. The second-order valence-corrected chi connectivity index (χ2v) is 3.92. The summed E-state index contributed by atoms with van der Waals surface area (Å²) >= 11 is 0. The summed E-state index contributed by atoms with van der Waals surface area (Å²) in [5.74, 6) is -0.817. The molecule has 0 radical (unpaired) electrons. The van der Waals surface area contributed by atoms with E-state index in [1.165, 1.54) is 12.1 Å². The van der Waals surface area contributed by atoms with Crippen LogP contribution >= 0.6 is 0 Å². The Morgan fingerprint density at radius 1 is 1.58 bits per heavy atom. The Bertz CT molecular complexity index is 553. The lowest BCUT2D eigenvalue weighted by molar-refractivity contribution is -0.384. The van der Waals surface area contributed by atoms with Gasteiger partial charge >= 0.3 is 5.97 Å². The predicted octanol–water partition coefficient (Wildman–Crippen LogP) is 1.49. The maximum absolute atomic E-state index is 11.9. The summed E-state index contributed by atoms with van der Waals surface area (Å²) in [6, 6.07) is 3.69. The number of nitro benzene ring substituents is 1. The Balaban J connectivity index is 2.28. The molecule has 0 fully saturated rings. The lowest BCUT2D eigenvalue weighted by atomic mass is 10.00. The van der Waals surface area contributed by atoms with Crippen LogP contribution in [0.2, 0.25) is 0 Å². The van der Waals surface area contributed by atoms with Crippen LogP contribution in [-0.4, -0.2) is 29.4 Å². The van der Waals surface area contributed by atoms with Gasteiger partial charge in [-0.15, -0.1) is 0 Å². The van der Waals surface area contributed by atoms with E-state index in [2.05, 4.69) is 0 Å². The van der Waals surface area contributed by atoms with Crippen LogP contribution in [0.15, 0.2) is 18.2 Å². The third-order valence-corrected chi connectivity index (χ3v) is 2.66. The molecule has 1 aliphatic heterocycles. The number of Topliss-reactive ketones (excluding diaryl/α,β-unsaturated/α-hetero) is 1. The van der Waals surface area contributed by atoms with Gasteiger partial charge in [0.2, 0.25) is 6.10 Å². The fourth-order valence-corrected chi connectivity index (χ4v) is 1.79. The molecule has 1 unspecified atom stereocenters. The molecule has 100 valence electrons. The zero-order valence-electron chi connectivity index (χ0n) is 10.1. The fourth-order valence-electron chi connectivity index (χ4n) is 1.79. The highest BCUT2D eigenvalue weighted by atomic mass is 16.6. The van der Waals surface area contributed by atoms with Gasteiger partial charge in [0, 0.05) is 12.1 Å². The molecule has 7 heteroatoms. The van der Waals surface area contributed by atoms with Gasteiger partial charge in [-0.2, -0.15) is 0 Å². The molecule has 2 rings (SSSR count). The van der Waals surface area contributed by atoms with E-state index in [4.69, 9.17) is 9.47 Å². The van der Waals surface area contributed by atoms with Crippen LogP contribution in [0.4, 0.5) is 5.69 Å². The van der Waals surface area contributed by atoms with Crippen LogP contribution in [0, 0.1) is 10.1 Å². The minimum absolute atomic E-state index is 0.120. The third kappa shape index (κ3) is 2.54.